The van der Waals surface area contributed by atoms with Gasteiger partial charge in [-0.05, 0) is 86.0 Å². The van der Waals surface area contributed by atoms with Crippen LogP contribution in [0.1, 0.15) is 85.0 Å². The van der Waals surface area contributed by atoms with E-state index in [1.54, 1.807) is 0 Å². The highest BCUT2D eigenvalue weighted by atomic mass is 16.5. The molecule has 0 amide bonds. The Morgan fingerprint density at radius 3 is 2.54 bits per heavy atom. The van der Waals surface area contributed by atoms with Gasteiger partial charge in [0.15, 0.2) is 5.78 Å². The van der Waals surface area contributed by atoms with E-state index in [1.807, 2.05) is 6.08 Å². The monoisotopic (exact) mass is 358 g/mol. The number of allylic oxidation sites excluding steroid dienone is 2. The molecular weight excluding hydrogens is 324 g/mol. The van der Waals surface area contributed by atoms with Crippen LogP contribution in [-0.2, 0) is 14.3 Å². The summed E-state index contributed by atoms with van der Waals surface area (Å²) in [4.78, 5) is 23.4. The average Bonchev–Trinajstić information content (AvgIpc) is 2.99. The van der Waals surface area contributed by atoms with Gasteiger partial charge in [0.2, 0.25) is 0 Å². The maximum atomic E-state index is 11.9. The Morgan fingerprint density at radius 2 is 1.81 bits per heavy atom. The number of rotatable bonds is 3. The van der Waals surface area contributed by atoms with Crippen molar-refractivity contribution in [1.29, 1.82) is 0 Å². The van der Waals surface area contributed by atoms with E-state index in [2.05, 4.69) is 20.8 Å². The SMILES string of the molecule is CC1(C)CCC2C(CCC3=CC(=O)CCC32C)C1CC[C@@H]1CCC(=O)O1. The van der Waals surface area contributed by atoms with E-state index in [-0.39, 0.29) is 17.5 Å². The van der Waals surface area contributed by atoms with Crippen LogP contribution in [0.25, 0.3) is 0 Å². The van der Waals surface area contributed by atoms with E-state index in [1.165, 1.54) is 31.3 Å². The van der Waals surface area contributed by atoms with Gasteiger partial charge in [0.05, 0.1) is 0 Å². The molecule has 3 heteroatoms. The molecule has 5 atom stereocenters. The number of cyclic esters (lactones) is 1. The van der Waals surface area contributed by atoms with Crippen molar-refractivity contribution in [3.63, 3.8) is 0 Å². The second-order valence-corrected chi connectivity index (χ2v) is 10.2. The van der Waals surface area contributed by atoms with Gasteiger partial charge in [-0.3, -0.25) is 9.59 Å². The summed E-state index contributed by atoms with van der Waals surface area (Å²) in [5, 5.41) is 0. The van der Waals surface area contributed by atoms with Crippen molar-refractivity contribution in [2.75, 3.05) is 0 Å². The lowest BCUT2D eigenvalue weighted by molar-refractivity contribution is -0.142. The van der Waals surface area contributed by atoms with Crippen LogP contribution in [0.2, 0.25) is 0 Å². The first-order chi connectivity index (χ1) is 12.3. The molecule has 3 fully saturated rings. The van der Waals surface area contributed by atoms with Gasteiger partial charge < -0.3 is 4.74 Å². The molecule has 1 saturated heterocycles. The van der Waals surface area contributed by atoms with Gasteiger partial charge in [0.25, 0.3) is 0 Å². The summed E-state index contributed by atoms with van der Waals surface area (Å²) in [6.07, 6.45) is 12.6. The Labute approximate surface area is 157 Å². The topological polar surface area (TPSA) is 43.4 Å². The predicted octanol–water partition coefficient (Wildman–Crippen LogP) is 5.23. The number of ether oxygens (including phenoxy) is 1. The number of esters is 1. The second kappa shape index (κ2) is 6.49. The first-order valence-corrected chi connectivity index (χ1v) is 10.7. The molecule has 0 aromatic heterocycles. The third-order valence-corrected chi connectivity index (χ3v) is 8.43. The summed E-state index contributed by atoms with van der Waals surface area (Å²) in [5.74, 6) is 2.51. The lowest BCUT2D eigenvalue weighted by Gasteiger charge is -2.58. The molecule has 0 bridgehead atoms. The fraction of sp³-hybridized carbons (Fsp3) is 0.826. The average molecular weight is 359 g/mol. The van der Waals surface area contributed by atoms with Gasteiger partial charge in [-0.15, -0.1) is 0 Å². The van der Waals surface area contributed by atoms with Crippen LogP contribution >= 0.6 is 0 Å². The van der Waals surface area contributed by atoms with Gasteiger partial charge in [0.1, 0.15) is 6.10 Å². The predicted molar refractivity (Wildman–Crippen MR) is 101 cm³/mol. The van der Waals surface area contributed by atoms with Gasteiger partial charge in [-0.1, -0.05) is 26.3 Å². The van der Waals surface area contributed by atoms with Gasteiger partial charge in [-0.2, -0.15) is 0 Å². The molecule has 4 rings (SSSR count). The Balaban J connectivity index is 1.53. The van der Waals surface area contributed by atoms with E-state index >= 15 is 0 Å². The smallest absolute Gasteiger partial charge is 0.306 e. The third kappa shape index (κ3) is 3.05. The quantitative estimate of drug-likeness (QED) is 0.649. The summed E-state index contributed by atoms with van der Waals surface area (Å²) >= 11 is 0. The molecule has 2 saturated carbocycles. The Kier molecular flexibility index (Phi) is 4.56. The van der Waals surface area contributed by atoms with E-state index in [0.717, 1.165) is 43.9 Å². The summed E-state index contributed by atoms with van der Waals surface area (Å²) in [6.45, 7) is 7.34. The van der Waals surface area contributed by atoms with Crippen molar-refractivity contribution in [1.82, 2.24) is 0 Å². The minimum Gasteiger partial charge on any atom is -0.462 e. The largest absolute Gasteiger partial charge is 0.462 e. The van der Waals surface area contributed by atoms with Crippen molar-refractivity contribution in [3.05, 3.63) is 11.6 Å². The third-order valence-electron chi connectivity index (χ3n) is 8.43. The van der Waals surface area contributed by atoms with Crippen molar-refractivity contribution >= 4 is 11.8 Å². The highest BCUT2D eigenvalue weighted by Gasteiger charge is 2.53. The number of hydrogen-bond acceptors (Lipinski definition) is 3. The summed E-state index contributed by atoms with van der Waals surface area (Å²) in [7, 11) is 0. The molecule has 4 unspecified atom stereocenters. The number of ketones is 1. The lowest BCUT2D eigenvalue weighted by atomic mass is 9.46. The Hall–Kier alpha value is -1.12. The molecule has 4 aliphatic rings. The standard InChI is InChI=1S/C23H34O3/c1-22(2)12-11-20-18(19(22)8-5-17-6-9-21(25)26-17)7-4-15-14-16(24)10-13-23(15,20)3/h14,17-20H,4-13H2,1-3H3/t17-,18?,19?,20?,23?/m1/s1. The number of carbonyl (C=O) groups excluding carboxylic acids is 2. The van der Waals surface area contributed by atoms with Crippen LogP contribution in [0.4, 0.5) is 0 Å². The van der Waals surface area contributed by atoms with Crippen molar-refractivity contribution in [2.24, 2.45) is 28.6 Å². The molecule has 144 valence electrons. The summed E-state index contributed by atoms with van der Waals surface area (Å²) < 4.78 is 5.49. The molecule has 0 aromatic carbocycles. The minimum atomic E-state index is -0.0115. The molecule has 1 aliphatic heterocycles. The van der Waals surface area contributed by atoms with E-state index in [9.17, 15) is 9.59 Å². The first-order valence-electron chi connectivity index (χ1n) is 10.7. The molecule has 0 spiro atoms. The van der Waals surface area contributed by atoms with E-state index in [4.69, 9.17) is 4.74 Å². The first kappa shape index (κ1) is 18.3. The molecule has 0 radical (unpaired) electrons. The fourth-order valence-electron chi connectivity index (χ4n) is 6.81. The van der Waals surface area contributed by atoms with Crippen LogP contribution in [0.3, 0.4) is 0 Å². The molecule has 0 aromatic rings. The number of fused-ring (bicyclic) bond motifs is 3. The fourth-order valence-corrected chi connectivity index (χ4v) is 6.81. The van der Waals surface area contributed by atoms with Crippen molar-refractivity contribution in [3.8, 4) is 0 Å². The zero-order valence-corrected chi connectivity index (χ0v) is 16.7. The van der Waals surface area contributed by atoms with Crippen LogP contribution in [0.5, 0.6) is 0 Å². The molecule has 3 nitrogen and oxygen atoms in total. The summed E-state index contributed by atoms with van der Waals surface area (Å²) in [5.41, 5.74) is 2.05. The van der Waals surface area contributed by atoms with Gasteiger partial charge in [0, 0.05) is 12.8 Å². The highest BCUT2D eigenvalue weighted by Crippen LogP contribution is 2.62. The van der Waals surface area contributed by atoms with E-state index in [0.29, 0.717) is 23.5 Å². The van der Waals surface area contributed by atoms with Crippen molar-refractivity contribution < 1.29 is 14.3 Å². The minimum absolute atomic E-state index is 0.0115. The zero-order chi connectivity index (χ0) is 18.5. The van der Waals surface area contributed by atoms with Crippen molar-refractivity contribution in [2.45, 2.75) is 91.1 Å². The van der Waals surface area contributed by atoms with Gasteiger partial charge >= 0.3 is 5.97 Å². The molecule has 0 N–H and O–H groups in total. The molecule has 1 heterocycles. The van der Waals surface area contributed by atoms with Crippen LogP contribution in [0, 0.1) is 28.6 Å². The van der Waals surface area contributed by atoms with Gasteiger partial charge in [-0.25, -0.2) is 0 Å². The Morgan fingerprint density at radius 1 is 1.00 bits per heavy atom. The maximum absolute atomic E-state index is 11.9. The number of hydrogen-bond donors (Lipinski definition) is 0. The molecule has 3 aliphatic carbocycles. The highest BCUT2D eigenvalue weighted by molar-refractivity contribution is 5.91. The lowest BCUT2D eigenvalue weighted by Crippen LogP contribution is -2.50. The zero-order valence-electron chi connectivity index (χ0n) is 16.7. The molecular formula is C23H34O3. The number of carbonyl (C=O) groups is 2. The van der Waals surface area contributed by atoms with E-state index < -0.39 is 0 Å². The second-order valence-electron chi connectivity index (χ2n) is 10.2. The van der Waals surface area contributed by atoms with Crippen LogP contribution < -0.4 is 0 Å². The summed E-state index contributed by atoms with van der Waals surface area (Å²) in [6, 6.07) is 0. The normalized spacial score (nSPS) is 41.9. The Bertz CT molecular complexity index is 631. The molecule has 26 heavy (non-hydrogen) atoms. The van der Waals surface area contributed by atoms with Crippen LogP contribution in [0.15, 0.2) is 11.6 Å². The van der Waals surface area contributed by atoms with Crippen LogP contribution in [-0.4, -0.2) is 17.9 Å². The maximum Gasteiger partial charge on any atom is 0.306 e.